The molecule has 0 aromatic heterocycles. The van der Waals surface area contributed by atoms with Gasteiger partial charge in [-0.05, 0) is 26.3 Å². The Labute approximate surface area is 112 Å². The quantitative estimate of drug-likeness (QED) is 0.709. The van der Waals surface area contributed by atoms with E-state index in [1.807, 2.05) is 0 Å². The molecule has 0 saturated heterocycles. The minimum atomic E-state index is -0.274. The van der Waals surface area contributed by atoms with E-state index in [2.05, 4.69) is 18.7 Å². The Bertz CT molecular complexity index is 228. The van der Waals surface area contributed by atoms with E-state index in [4.69, 9.17) is 15.2 Å². The van der Waals surface area contributed by atoms with E-state index in [1.54, 1.807) is 14.2 Å². The van der Waals surface area contributed by atoms with Crippen molar-refractivity contribution in [3.8, 4) is 0 Å². The van der Waals surface area contributed by atoms with Crippen LogP contribution in [0.5, 0.6) is 0 Å². The molecule has 0 aliphatic heterocycles. The highest BCUT2D eigenvalue weighted by Crippen LogP contribution is 2.30. The molecule has 1 aliphatic carbocycles. The van der Waals surface area contributed by atoms with Gasteiger partial charge in [-0.3, -0.25) is 4.90 Å². The second kappa shape index (κ2) is 7.43. The first-order valence-electron chi connectivity index (χ1n) is 7.16. The molecule has 18 heavy (non-hydrogen) atoms. The number of methoxy groups -OCH3 is 2. The minimum Gasteiger partial charge on any atom is -0.354 e. The van der Waals surface area contributed by atoms with Crippen LogP contribution < -0.4 is 5.73 Å². The van der Waals surface area contributed by atoms with Crippen molar-refractivity contribution in [1.82, 2.24) is 4.90 Å². The van der Waals surface area contributed by atoms with Crippen LogP contribution in [0.1, 0.15) is 46.0 Å². The van der Waals surface area contributed by atoms with Gasteiger partial charge in [0.2, 0.25) is 0 Å². The SMILES string of the molecule is CCN(C1CCCCC1)C(C)(CN)C(OC)OC. The number of nitrogens with two attached hydrogens (primary N) is 1. The lowest BCUT2D eigenvalue weighted by Gasteiger charge is -2.48. The molecule has 1 aliphatic rings. The van der Waals surface area contributed by atoms with Crippen molar-refractivity contribution in [2.45, 2.75) is 63.8 Å². The summed E-state index contributed by atoms with van der Waals surface area (Å²) in [6.07, 6.45) is 6.28. The summed E-state index contributed by atoms with van der Waals surface area (Å²) < 4.78 is 11.0. The summed E-state index contributed by atoms with van der Waals surface area (Å²) in [5.74, 6) is 0. The maximum Gasteiger partial charge on any atom is 0.176 e. The molecule has 0 radical (unpaired) electrons. The molecule has 1 fully saturated rings. The third kappa shape index (κ3) is 3.23. The Morgan fingerprint density at radius 1 is 1.22 bits per heavy atom. The van der Waals surface area contributed by atoms with Crippen LogP contribution in [0, 0.1) is 0 Å². The van der Waals surface area contributed by atoms with Crippen LogP contribution in [0.3, 0.4) is 0 Å². The van der Waals surface area contributed by atoms with Crippen LogP contribution in [-0.4, -0.2) is 50.1 Å². The van der Waals surface area contributed by atoms with Gasteiger partial charge < -0.3 is 15.2 Å². The Balaban J connectivity index is 2.86. The predicted octanol–water partition coefficient (Wildman–Crippen LogP) is 1.98. The molecule has 4 heteroatoms. The molecular weight excluding hydrogens is 228 g/mol. The van der Waals surface area contributed by atoms with Crippen LogP contribution >= 0.6 is 0 Å². The van der Waals surface area contributed by atoms with Gasteiger partial charge in [0.1, 0.15) is 0 Å². The highest BCUT2D eigenvalue weighted by molar-refractivity contribution is 4.94. The molecule has 1 atom stereocenters. The lowest BCUT2D eigenvalue weighted by atomic mass is 9.88. The molecule has 0 spiro atoms. The molecule has 0 aromatic carbocycles. The Hall–Kier alpha value is -0.160. The van der Waals surface area contributed by atoms with E-state index in [-0.39, 0.29) is 11.8 Å². The van der Waals surface area contributed by atoms with Crippen molar-refractivity contribution in [2.24, 2.45) is 5.73 Å². The van der Waals surface area contributed by atoms with E-state index < -0.39 is 0 Å². The van der Waals surface area contributed by atoms with Crippen LogP contribution in [-0.2, 0) is 9.47 Å². The monoisotopic (exact) mass is 258 g/mol. The zero-order valence-electron chi connectivity index (χ0n) is 12.4. The first kappa shape index (κ1) is 15.9. The fourth-order valence-corrected chi connectivity index (χ4v) is 3.38. The molecule has 1 rings (SSSR count). The molecule has 0 amide bonds. The molecule has 1 unspecified atom stereocenters. The number of ether oxygens (including phenoxy) is 2. The summed E-state index contributed by atoms with van der Waals surface area (Å²) >= 11 is 0. The maximum atomic E-state index is 6.04. The van der Waals surface area contributed by atoms with Gasteiger partial charge in [-0.15, -0.1) is 0 Å². The van der Waals surface area contributed by atoms with Gasteiger partial charge in [0.25, 0.3) is 0 Å². The molecule has 4 nitrogen and oxygen atoms in total. The summed E-state index contributed by atoms with van der Waals surface area (Å²) in [6, 6.07) is 0.616. The third-order valence-electron chi connectivity index (χ3n) is 4.36. The number of rotatable bonds is 7. The zero-order valence-corrected chi connectivity index (χ0v) is 12.4. The van der Waals surface area contributed by atoms with Gasteiger partial charge in [-0.25, -0.2) is 0 Å². The van der Waals surface area contributed by atoms with Gasteiger partial charge in [-0.1, -0.05) is 26.2 Å². The van der Waals surface area contributed by atoms with Gasteiger partial charge in [0, 0.05) is 26.8 Å². The first-order chi connectivity index (χ1) is 8.63. The average molecular weight is 258 g/mol. The normalized spacial score (nSPS) is 21.5. The lowest BCUT2D eigenvalue weighted by molar-refractivity contribution is -0.189. The molecule has 0 heterocycles. The lowest BCUT2D eigenvalue weighted by Crippen LogP contribution is -2.63. The van der Waals surface area contributed by atoms with Gasteiger partial charge in [0.05, 0.1) is 5.54 Å². The van der Waals surface area contributed by atoms with E-state index in [0.717, 1.165) is 6.54 Å². The fourth-order valence-electron chi connectivity index (χ4n) is 3.38. The molecule has 108 valence electrons. The summed E-state index contributed by atoms with van der Waals surface area (Å²) in [6.45, 7) is 5.89. The fraction of sp³-hybridized carbons (Fsp3) is 1.00. The Morgan fingerprint density at radius 3 is 2.17 bits per heavy atom. The third-order valence-corrected chi connectivity index (χ3v) is 4.36. The van der Waals surface area contributed by atoms with Crippen molar-refractivity contribution in [3.05, 3.63) is 0 Å². The van der Waals surface area contributed by atoms with Crippen LogP contribution in [0.4, 0.5) is 0 Å². The summed E-state index contributed by atoms with van der Waals surface area (Å²) in [7, 11) is 3.38. The van der Waals surface area contributed by atoms with Crippen molar-refractivity contribution >= 4 is 0 Å². The van der Waals surface area contributed by atoms with Crippen LogP contribution in [0.25, 0.3) is 0 Å². The smallest absolute Gasteiger partial charge is 0.176 e. The Morgan fingerprint density at radius 2 is 1.78 bits per heavy atom. The van der Waals surface area contributed by atoms with Crippen LogP contribution in [0.2, 0.25) is 0 Å². The van der Waals surface area contributed by atoms with Gasteiger partial charge >= 0.3 is 0 Å². The second-order valence-electron chi connectivity index (χ2n) is 5.44. The highest BCUT2D eigenvalue weighted by atomic mass is 16.7. The van der Waals surface area contributed by atoms with Crippen molar-refractivity contribution in [2.75, 3.05) is 27.3 Å². The van der Waals surface area contributed by atoms with Crippen molar-refractivity contribution in [1.29, 1.82) is 0 Å². The first-order valence-corrected chi connectivity index (χ1v) is 7.16. The zero-order chi connectivity index (χ0) is 13.6. The topological polar surface area (TPSA) is 47.7 Å². The van der Waals surface area contributed by atoms with Crippen molar-refractivity contribution < 1.29 is 9.47 Å². The molecular formula is C14H30N2O2. The predicted molar refractivity (Wildman–Crippen MR) is 74.5 cm³/mol. The number of hydrogen-bond donors (Lipinski definition) is 1. The van der Waals surface area contributed by atoms with E-state index in [0.29, 0.717) is 12.6 Å². The molecule has 0 bridgehead atoms. The average Bonchev–Trinajstić information content (AvgIpc) is 2.42. The summed E-state index contributed by atoms with van der Waals surface area (Å²) in [4.78, 5) is 2.49. The van der Waals surface area contributed by atoms with E-state index >= 15 is 0 Å². The highest BCUT2D eigenvalue weighted by Gasteiger charge is 2.42. The summed E-state index contributed by atoms with van der Waals surface area (Å²) in [5.41, 5.74) is 5.79. The standard InChI is InChI=1S/C14H30N2O2/c1-5-16(12-9-7-6-8-10-12)14(2,11-15)13(17-3)18-4/h12-13H,5-11,15H2,1-4H3. The van der Waals surface area contributed by atoms with Crippen molar-refractivity contribution in [3.63, 3.8) is 0 Å². The van der Waals surface area contributed by atoms with E-state index in [1.165, 1.54) is 32.1 Å². The minimum absolute atomic E-state index is 0.250. The van der Waals surface area contributed by atoms with E-state index in [9.17, 15) is 0 Å². The Kier molecular flexibility index (Phi) is 6.57. The summed E-state index contributed by atoms with van der Waals surface area (Å²) in [5, 5.41) is 0. The number of nitrogens with zero attached hydrogens (tertiary/aromatic N) is 1. The maximum absolute atomic E-state index is 6.04. The van der Waals surface area contributed by atoms with Crippen LogP contribution in [0.15, 0.2) is 0 Å². The molecule has 0 aromatic rings. The molecule has 1 saturated carbocycles. The largest absolute Gasteiger partial charge is 0.354 e. The molecule has 2 N–H and O–H groups in total. The van der Waals surface area contributed by atoms with Gasteiger partial charge in [-0.2, -0.15) is 0 Å². The number of hydrogen-bond acceptors (Lipinski definition) is 4. The van der Waals surface area contributed by atoms with Gasteiger partial charge in [0.15, 0.2) is 6.29 Å². The number of likely N-dealkylation sites (N-methyl/N-ethyl adjacent to an activating group) is 1. The second-order valence-corrected chi connectivity index (χ2v) is 5.44.